The Balaban J connectivity index is 2.17. The predicted molar refractivity (Wildman–Crippen MR) is 95.1 cm³/mol. The average Bonchev–Trinajstić information content (AvgIpc) is 2.73. The van der Waals surface area contributed by atoms with Gasteiger partial charge in [-0.05, 0) is 36.8 Å². The molecule has 0 amide bonds. The predicted octanol–water partition coefficient (Wildman–Crippen LogP) is 3.34. The van der Waals surface area contributed by atoms with Crippen LogP contribution in [-0.2, 0) is 13.0 Å². The summed E-state index contributed by atoms with van der Waals surface area (Å²) >= 11 is 7.94. The Bertz CT molecular complexity index is 450. The molecule has 0 aromatic carbocycles. The number of hydrogen-bond acceptors (Lipinski definition) is 4. The maximum atomic E-state index is 4.61. The smallest absolute Gasteiger partial charge is 0.0738 e. The molecule has 114 valence electrons. The number of nitrogens with one attached hydrogen (secondary N) is 1. The monoisotopic (exact) mass is 377 g/mol. The van der Waals surface area contributed by atoms with Gasteiger partial charge in [-0.25, -0.2) is 0 Å². The van der Waals surface area contributed by atoms with E-state index in [-0.39, 0.29) is 0 Å². The Morgan fingerprint density at radius 3 is 2.75 bits per heavy atom. The third-order valence-corrected chi connectivity index (χ3v) is 8.15. The largest absolute Gasteiger partial charge is 0.315 e. The van der Waals surface area contributed by atoms with E-state index in [0.717, 1.165) is 18.7 Å². The molecule has 0 saturated carbocycles. The molecular weight excluding hydrogens is 354 g/mol. The Hall–Kier alpha value is 0.350. The van der Waals surface area contributed by atoms with Gasteiger partial charge in [-0.15, -0.1) is 0 Å². The van der Waals surface area contributed by atoms with E-state index in [1.807, 2.05) is 0 Å². The highest BCUT2D eigenvalue weighted by atomic mass is 79.9. The van der Waals surface area contributed by atoms with E-state index in [4.69, 9.17) is 0 Å². The van der Waals surface area contributed by atoms with Crippen LogP contribution in [0.3, 0.4) is 0 Å². The first kappa shape index (κ1) is 16.7. The zero-order valence-electron chi connectivity index (χ0n) is 12.6. The van der Waals surface area contributed by atoms with Gasteiger partial charge in [0, 0.05) is 41.0 Å². The van der Waals surface area contributed by atoms with E-state index in [9.17, 15) is 0 Å². The molecule has 1 aliphatic heterocycles. The minimum atomic E-state index is 0.500. The second-order valence-corrected chi connectivity index (χ2v) is 8.74. The van der Waals surface area contributed by atoms with Crippen LogP contribution in [0.15, 0.2) is 4.47 Å². The molecular formula is C14H24BrN3S2. The summed E-state index contributed by atoms with van der Waals surface area (Å²) in [7, 11) is 2.09. The normalized spacial score (nSPS) is 24.9. The minimum Gasteiger partial charge on any atom is -0.315 e. The van der Waals surface area contributed by atoms with Crippen LogP contribution in [0.2, 0.25) is 0 Å². The van der Waals surface area contributed by atoms with Gasteiger partial charge in [0.15, 0.2) is 0 Å². The number of thioether (sulfide) groups is 2. The number of hydrogen-bond donors (Lipinski definition) is 1. The second-order valence-electron chi connectivity index (χ2n) is 5.17. The summed E-state index contributed by atoms with van der Waals surface area (Å²) < 4.78 is 3.32. The molecule has 0 radical (unpaired) electrons. The van der Waals surface area contributed by atoms with Crippen molar-refractivity contribution in [3.63, 3.8) is 0 Å². The molecule has 1 aliphatic rings. The van der Waals surface area contributed by atoms with Crippen molar-refractivity contribution in [2.45, 2.75) is 50.3 Å². The molecule has 1 fully saturated rings. The first-order valence-corrected chi connectivity index (χ1v) is 10.1. The molecule has 0 aliphatic carbocycles. The molecule has 0 bridgehead atoms. The number of aromatic nitrogens is 2. The number of rotatable bonds is 5. The van der Waals surface area contributed by atoms with Gasteiger partial charge in [0.05, 0.1) is 15.9 Å². The van der Waals surface area contributed by atoms with Crippen molar-refractivity contribution in [2.24, 2.45) is 0 Å². The van der Waals surface area contributed by atoms with Gasteiger partial charge >= 0.3 is 0 Å². The molecule has 3 atom stereocenters. The van der Waals surface area contributed by atoms with Crippen molar-refractivity contribution in [2.75, 3.05) is 18.6 Å². The summed E-state index contributed by atoms with van der Waals surface area (Å²) in [4.78, 5) is 0. The Kier molecular flexibility index (Phi) is 6.32. The van der Waals surface area contributed by atoms with Crippen LogP contribution in [0.5, 0.6) is 0 Å². The molecule has 1 saturated heterocycles. The number of aryl methyl sites for hydroxylation is 2. The number of halogens is 1. The zero-order valence-corrected chi connectivity index (χ0v) is 15.9. The van der Waals surface area contributed by atoms with Gasteiger partial charge < -0.3 is 5.32 Å². The first-order valence-electron chi connectivity index (χ1n) is 7.20. The van der Waals surface area contributed by atoms with Gasteiger partial charge in [0.1, 0.15) is 0 Å². The van der Waals surface area contributed by atoms with Crippen molar-refractivity contribution in [3.8, 4) is 0 Å². The standard InChI is InChI=1S/C14H24BrN3S2/c1-5-18-12(13(15)9(2)17-18)8-11(16-4)14-10(3)19-6-7-20-14/h10-11,14,16H,5-8H2,1-4H3. The van der Waals surface area contributed by atoms with Crippen LogP contribution in [-0.4, -0.2) is 44.9 Å². The van der Waals surface area contributed by atoms with Crippen molar-refractivity contribution in [1.29, 1.82) is 0 Å². The van der Waals surface area contributed by atoms with Crippen LogP contribution in [0.4, 0.5) is 0 Å². The van der Waals surface area contributed by atoms with Gasteiger partial charge in [-0.3, -0.25) is 4.68 Å². The summed E-state index contributed by atoms with van der Waals surface area (Å²) in [6.45, 7) is 7.52. The molecule has 3 nitrogen and oxygen atoms in total. The van der Waals surface area contributed by atoms with Crippen LogP contribution >= 0.6 is 39.5 Å². The van der Waals surface area contributed by atoms with E-state index in [0.29, 0.717) is 16.5 Å². The van der Waals surface area contributed by atoms with E-state index < -0.39 is 0 Å². The number of likely N-dealkylation sites (N-methyl/N-ethyl adjacent to an activating group) is 1. The topological polar surface area (TPSA) is 29.9 Å². The molecule has 1 aromatic rings. The van der Waals surface area contributed by atoms with Crippen molar-refractivity contribution < 1.29 is 0 Å². The lowest BCUT2D eigenvalue weighted by molar-refractivity contribution is 0.502. The molecule has 6 heteroatoms. The fraction of sp³-hybridized carbons (Fsp3) is 0.786. The fourth-order valence-corrected chi connectivity index (χ4v) is 6.19. The second kappa shape index (κ2) is 7.56. The molecule has 0 spiro atoms. The molecule has 20 heavy (non-hydrogen) atoms. The highest BCUT2D eigenvalue weighted by molar-refractivity contribution is 9.10. The fourth-order valence-electron chi connectivity index (χ4n) is 2.75. The lowest BCUT2D eigenvalue weighted by Crippen LogP contribution is -2.44. The SMILES string of the molecule is CCn1nc(C)c(Br)c1CC(NC)C1SCCSC1C. The van der Waals surface area contributed by atoms with E-state index >= 15 is 0 Å². The van der Waals surface area contributed by atoms with Gasteiger partial charge in [0.25, 0.3) is 0 Å². The molecule has 2 heterocycles. The Labute approximate surface area is 139 Å². The average molecular weight is 378 g/mol. The van der Waals surface area contributed by atoms with E-state index in [1.165, 1.54) is 21.7 Å². The van der Waals surface area contributed by atoms with Gasteiger partial charge in [-0.2, -0.15) is 28.6 Å². The van der Waals surface area contributed by atoms with Gasteiger partial charge in [0.2, 0.25) is 0 Å². The van der Waals surface area contributed by atoms with Crippen molar-refractivity contribution in [1.82, 2.24) is 15.1 Å². The third-order valence-electron chi connectivity index (χ3n) is 3.87. The van der Waals surface area contributed by atoms with Crippen molar-refractivity contribution >= 4 is 39.5 Å². The Morgan fingerprint density at radius 1 is 1.45 bits per heavy atom. The molecule has 3 unspecified atom stereocenters. The quantitative estimate of drug-likeness (QED) is 0.851. The van der Waals surface area contributed by atoms with Crippen LogP contribution in [0.1, 0.15) is 25.2 Å². The highest BCUT2D eigenvalue weighted by Crippen LogP contribution is 2.34. The summed E-state index contributed by atoms with van der Waals surface area (Å²) in [5.74, 6) is 2.56. The zero-order chi connectivity index (χ0) is 14.7. The van der Waals surface area contributed by atoms with Gasteiger partial charge in [-0.1, -0.05) is 6.92 Å². The van der Waals surface area contributed by atoms with Crippen LogP contribution in [0, 0.1) is 6.92 Å². The number of nitrogens with zero attached hydrogens (tertiary/aromatic N) is 2. The summed E-state index contributed by atoms with van der Waals surface area (Å²) in [6, 6.07) is 0.500. The maximum Gasteiger partial charge on any atom is 0.0738 e. The Morgan fingerprint density at radius 2 is 2.15 bits per heavy atom. The summed E-state index contributed by atoms with van der Waals surface area (Å²) in [6.07, 6.45) is 1.04. The summed E-state index contributed by atoms with van der Waals surface area (Å²) in [5.41, 5.74) is 2.42. The third kappa shape index (κ3) is 3.57. The first-order chi connectivity index (χ1) is 9.58. The lowest BCUT2D eigenvalue weighted by atomic mass is 10.1. The van der Waals surface area contributed by atoms with Crippen LogP contribution in [0.25, 0.3) is 0 Å². The lowest BCUT2D eigenvalue weighted by Gasteiger charge is -2.34. The van der Waals surface area contributed by atoms with Crippen LogP contribution < -0.4 is 5.32 Å². The van der Waals surface area contributed by atoms with E-state index in [2.05, 4.69) is 82.4 Å². The molecule has 1 N–H and O–H groups in total. The maximum absolute atomic E-state index is 4.61. The highest BCUT2D eigenvalue weighted by Gasteiger charge is 2.31. The molecule has 2 rings (SSSR count). The molecule has 1 aromatic heterocycles. The summed E-state index contributed by atoms with van der Waals surface area (Å²) in [5, 5.41) is 9.54. The minimum absolute atomic E-state index is 0.500. The van der Waals surface area contributed by atoms with E-state index in [1.54, 1.807) is 0 Å². The van der Waals surface area contributed by atoms with Crippen molar-refractivity contribution in [3.05, 3.63) is 15.9 Å².